The molecule has 3 nitrogen and oxygen atoms in total. The molecule has 16 heavy (non-hydrogen) atoms. The van der Waals surface area contributed by atoms with E-state index in [9.17, 15) is 8.42 Å². The maximum absolute atomic E-state index is 12.2. The fourth-order valence-corrected chi connectivity index (χ4v) is 3.78. The van der Waals surface area contributed by atoms with Crippen molar-refractivity contribution in [1.29, 1.82) is 0 Å². The molecule has 1 aliphatic rings. The zero-order valence-corrected chi connectivity index (χ0v) is 11.1. The van der Waals surface area contributed by atoms with Crippen molar-refractivity contribution >= 4 is 25.8 Å². The normalized spacial score (nSPS) is 18.6. The van der Waals surface area contributed by atoms with Gasteiger partial charge in [-0.15, -0.1) is 0 Å². The lowest BCUT2D eigenvalue weighted by Gasteiger charge is -2.22. The van der Waals surface area contributed by atoms with Gasteiger partial charge >= 0.3 is 0 Å². The Bertz CT molecular complexity index is 447. The Labute approximate surface area is 104 Å². The Balaban J connectivity index is 2.27. The first-order valence-corrected chi connectivity index (χ1v) is 7.52. The second-order valence-corrected chi connectivity index (χ2v) is 6.95. The van der Waals surface area contributed by atoms with Crippen LogP contribution in [0.4, 0.5) is 0 Å². The van der Waals surface area contributed by atoms with E-state index in [0.717, 1.165) is 4.47 Å². The van der Waals surface area contributed by atoms with Gasteiger partial charge in [0.25, 0.3) is 0 Å². The standard InChI is InChI=1S/C11H13BrO3S/c12-9-1-3-10(4-2-9)16(13,14)11-5-7-15-8-6-11/h1-4,11H,5-8H2. The highest BCUT2D eigenvalue weighted by molar-refractivity contribution is 9.10. The van der Waals surface area contributed by atoms with Crippen LogP contribution in [0.15, 0.2) is 33.6 Å². The van der Waals surface area contributed by atoms with E-state index in [1.807, 2.05) is 0 Å². The van der Waals surface area contributed by atoms with Crippen molar-refractivity contribution in [2.24, 2.45) is 0 Å². The van der Waals surface area contributed by atoms with E-state index in [0.29, 0.717) is 31.0 Å². The smallest absolute Gasteiger partial charge is 0.181 e. The highest BCUT2D eigenvalue weighted by Crippen LogP contribution is 2.24. The van der Waals surface area contributed by atoms with Crippen LogP contribution in [0.3, 0.4) is 0 Å². The lowest BCUT2D eigenvalue weighted by Crippen LogP contribution is -2.28. The molecule has 1 heterocycles. The van der Waals surface area contributed by atoms with Crippen LogP contribution in [-0.2, 0) is 14.6 Å². The largest absolute Gasteiger partial charge is 0.381 e. The van der Waals surface area contributed by atoms with E-state index in [1.165, 1.54) is 0 Å². The molecule has 88 valence electrons. The quantitative estimate of drug-likeness (QED) is 0.842. The van der Waals surface area contributed by atoms with Gasteiger partial charge in [0.15, 0.2) is 9.84 Å². The molecule has 0 aliphatic carbocycles. The number of benzene rings is 1. The molecule has 1 aromatic rings. The minimum Gasteiger partial charge on any atom is -0.381 e. The van der Waals surface area contributed by atoms with Gasteiger partial charge in [0.1, 0.15) is 0 Å². The van der Waals surface area contributed by atoms with E-state index in [1.54, 1.807) is 24.3 Å². The Hall–Kier alpha value is -0.390. The van der Waals surface area contributed by atoms with Gasteiger partial charge in [-0.3, -0.25) is 0 Å². The molecular formula is C11H13BrO3S. The molecule has 2 rings (SSSR count). The number of hydrogen-bond acceptors (Lipinski definition) is 3. The van der Waals surface area contributed by atoms with Crippen LogP contribution in [0, 0.1) is 0 Å². The van der Waals surface area contributed by atoms with Gasteiger partial charge < -0.3 is 4.74 Å². The van der Waals surface area contributed by atoms with Crippen LogP contribution >= 0.6 is 15.9 Å². The molecule has 0 spiro atoms. The molecule has 1 aliphatic heterocycles. The molecule has 1 saturated heterocycles. The fraction of sp³-hybridized carbons (Fsp3) is 0.455. The first kappa shape index (κ1) is 12.1. The average Bonchev–Trinajstić information content (AvgIpc) is 2.31. The number of sulfone groups is 1. The summed E-state index contributed by atoms with van der Waals surface area (Å²) in [5.74, 6) is 0. The van der Waals surface area contributed by atoms with Gasteiger partial charge in [-0.05, 0) is 37.1 Å². The molecule has 0 radical (unpaired) electrons. The zero-order valence-electron chi connectivity index (χ0n) is 8.73. The molecule has 5 heteroatoms. The third-order valence-corrected chi connectivity index (χ3v) is 5.56. The van der Waals surface area contributed by atoms with Crippen molar-refractivity contribution < 1.29 is 13.2 Å². The topological polar surface area (TPSA) is 43.4 Å². The van der Waals surface area contributed by atoms with Crippen molar-refractivity contribution in [3.63, 3.8) is 0 Å². The molecule has 1 aromatic carbocycles. The van der Waals surface area contributed by atoms with Crippen molar-refractivity contribution in [3.05, 3.63) is 28.7 Å². The predicted octanol–water partition coefficient (Wildman–Crippen LogP) is 2.40. The van der Waals surface area contributed by atoms with Crippen molar-refractivity contribution in [2.75, 3.05) is 13.2 Å². The van der Waals surface area contributed by atoms with E-state index in [2.05, 4.69) is 15.9 Å². The summed E-state index contributed by atoms with van der Waals surface area (Å²) < 4.78 is 30.5. The Kier molecular flexibility index (Phi) is 3.66. The number of ether oxygens (including phenoxy) is 1. The lowest BCUT2D eigenvalue weighted by atomic mass is 10.2. The summed E-state index contributed by atoms with van der Waals surface area (Å²) in [6.45, 7) is 1.08. The summed E-state index contributed by atoms with van der Waals surface area (Å²) in [7, 11) is -3.18. The first-order valence-electron chi connectivity index (χ1n) is 5.18. The molecule has 1 fully saturated rings. The third kappa shape index (κ3) is 2.47. The molecule has 0 atom stereocenters. The van der Waals surface area contributed by atoms with Crippen LogP contribution in [0.1, 0.15) is 12.8 Å². The molecule has 0 aromatic heterocycles. The molecule has 0 amide bonds. The SMILES string of the molecule is O=S(=O)(c1ccc(Br)cc1)C1CCOCC1. The van der Waals surface area contributed by atoms with Crippen molar-refractivity contribution in [1.82, 2.24) is 0 Å². The molecule has 0 N–H and O–H groups in total. The van der Waals surface area contributed by atoms with E-state index >= 15 is 0 Å². The molecule has 0 bridgehead atoms. The van der Waals surface area contributed by atoms with Crippen molar-refractivity contribution in [3.8, 4) is 0 Å². The monoisotopic (exact) mass is 304 g/mol. The summed E-state index contributed by atoms with van der Waals surface area (Å²) in [6, 6.07) is 6.81. The molecule has 0 unspecified atom stereocenters. The predicted molar refractivity (Wildman–Crippen MR) is 65.2 cm³/mol. The van der Waals surface area contributed by atoms with Crippen LogP contribution in [0.2, 0.25) is 0 Å². The second-order valence-electron chi connectivity index (χ2n) is 3.81. The summed E-state index contributed by atoms with van der Waals surface area (Å²) in [6.07, 6.45) is 1.19. The number of halogens is 1. The number of hydrogen-bond donors (Lipinski definition) is 0. The first-order chi connectivity index (χ1) is 7.60. The summed E-state index contributed by atoms with van der Waals surface area (Å²) in [5, 5.41) is -0.289. The highest BCUT2D eigenvalue weighted by atomic mass is 79.9. The van der Waals surface area contributed by atoms with E-state index in [4.69, 9.17) is 4.74 Å². The maximum Gasteiger partial charge on any atom is 0.181 e. The minimum absolute atomic E-state index is 0.289. The van der Waals surface area contributed by atoms with Gasteiger partial charge in [0, 0.05) is 17.7 Å². The minimum atomic E-state index is -3.18. The Morgan fingerprint density at radius 3 is 2.25 bits per heavy atom. The molecule has 0 saturated carbocycles. The van der Waals surface area contributed by atoms with E-state index in [-0.39, 0.29) is 5.25 Å². The van der Waals surface area contributed by atoms with Gasteiger partial charge in [-0.25, -0.2) is 8.42 Å². The lowest BCUT2D eigenvalue weighted by molar-refractivity contribution is 0.0983. The van der Waals surface area contributed by atoms with E-state index < -0.39 is 9.84 Å². The van der Waals surface area contributed by atoms with Crippen LogP contribution in [0.25, 0.3) is 0 Å². The number of rotatable bonds is 2. The van der Waals surface area contributed by atoms with Gasteiger partial charge in [-0.1, -0.05) is 15.9 Å². The van der Waals surface area contributed by atoms with Gasteiger partial charge in [0.2, 0.25) is 0 Å². The summed E-state index contributed by atoms with van der Waals surface area (Å²) in [5.41, 5.74) is 0. The average molecular weight is 305 g/mol. The third-order valence-electron chi connectivity index (χ3n) is 2.75. The Morgan fingerprint density at radius 2 is 1.69 bits per heavy atom. The van der Waals surface area contributed by atoms with Crippen molar-refractivity contribution in [2.45, 2.75) is 23.0 Å². The van der Waals surface area contributed by atoms with Crippen LogP contribution in [-0.4, -0.2) is 26.9 Å². The molecular weight excluding hydrogens is 292 g/mol. The summed E-state index contributed by atoms with van der Waals surface area (Å²) >= 11 is 3.29. The maximum atomic E-state index is 12.2. The second kappa shape index (κ2) is 4.85. The van der Waals surface area contributed by atoms with Gasteiger partial charge in [-0.2, -0.15) is 0 Å². The van der Waals surface area contributed by atoms with Gasteiger partial charge in [0.05, 0.1) is 10.1 Å². The van der Waals surface area contributed by atoms with Crippen LogP contribution in [0.5, 0.6) is 0 Å². The fourth-order valence-electron chi connectivity index (χ4n) is 1.80. The Morgan fingerprint density at radius 1 is 1.12 bits per heavy atom. The van der Waals surface area contributed by atoms with Crippen LogP contribution < -0.4 is 0 Å². The highest BCUT2D eigenvalue weighted by Gasteiger charge is 2.29. The zero-order chi connectivity index (χ0) is 11.6. The summed E-state index contributed by atoms with van der Waals surface area (Å²) in [4.78, 5) is 0.405.